The Morgan fingerprint density at radius 2 is 2.29 bits per heavy atom. The van der Waals surface area contributed by atoms with Gasteiger partial charge in [0.15, 0.2) is 0 Å². The zero-order valence-electron chi connectivity index (χ0n) is 13.0. The van der Waals surface area contributed by atoms with E-state index in [9.17, 15) is 4.79 Å². The summed E-state index contributed by atoms with van der Waals surface area (Å²) in [5.74, 6) is 0.591. The van der Waals surface area contributed by atoms with Gasteiger partial charge in [-0.3, -0.25) is 4.79 Å². The molecule has 1 aromatic carbocycles. The fourth-order valence-electron chi connectivity index (χ4n) is 2.89. The predicted molar refractivity (Wildman–Crippen MR) is 88.2 cm³/mol. The molecule has 2 rings (SSSR count). The fourth-order valence-corrected chi connectivity index (χ4v) is 3.06. The number of amides is 1. The highest BCUT2D eigenvalue weighted by Gasteiger charge is 2.24. The highest BCUT2D eigenvalue weighted by molar-refractivity contribution is 6.31. The Hall–Kier alpha value is -1.26. The molecule has 4 nitrogen and oxygen atoms in total. The zero-order valence-corrected chi connectivity index (χ0v) is 13.8. The number of likely N-dealkylation sites (tertiary alicyclic amines) is 1. The highest BCUT2D eigenvalue weighted by atomic mass is 35.5. The first-order chi connectivity index (χ1) is 10.0. The second-order valence-corrected chi connectivity index (χ2v) is 6.26. The Bertz CT molecular complexity index is 506. The topological polar surface area (TPSA) is 35.6 Å². The Morgan fingerprint density at radius 1 is 1.52 bits per heavy atom. The Kier molecular flexibility index (Phi) is 5.48. The molecule has 1 amide bonds. The van der Waals surface area contributed by atoms with Gasteiger partial charge in [0, 0.05) is 37.4 Å². The summed E-state index contributed by atoms with van der Waals surface area (Å²) < 4.78 is 0. The maximum Gasteiger partial charge on any atom is 0.255 e. The third-order valence-corrected chi connectivity index (χ3v) is 4.18. The number of benzene rings is 1. The number of carbonyl (C=O) groups excluding carboxylic acids is 1. The number of nitrogens with zero attached hydrogens (tertiary/aromatic N) is 2. The van der Waals surface area contributed by atoms with Gasteiger partial charge in [0.1, 0.15) is 0 Å². The molecule has 116 valence electrons. The summed E-state index contributed by atoms with van der Waals surface area (Å²) in [7, 11) is 4.00. The van der Waals surface area contributed by atoms with Gasteiger partial charge in [-0.15, -0.1) is 0 Å². The van der Waals surface area contributed by atoms with Crippen LogP contribution in [0.5, 0.6) is 0 Å². The van der Waals surface area contributed by atoms with Crippen LogP contribution in [0.2, 0.25) is 5.02 Å². The van der Waals surface area contributed by atoms with Crippen LogP contribution in [-0.4, -0.2) is 56.0 Å². The van der Waals surface area contributed by atoms with Crippen molar-refractivity contribution in [2.24, 2.45) is 5.92 Å². The molecule has 1 aliphatic heterocycles. The number of rotatable bonds is 5. The predicted octanol–water partition coefficient (Wildman–Crippen LogP) is 2.80. The molecular weight excluding hydrogens is 286 g/mol. The van der Waals surface area contributed by atoms with Gasteiger partial charge in [0.05, 0.1) is 5.56 Å². The lowest BCUT2D eigenvalue weighted by molar-refractivity contribution is 0.0775. The molecule has 1 aromatic rings. The van der Waals surface area contributed by atoms with E-state index in [1.165, 1.54) is 0 Å². The van der Waals surface area contributed by atoms with Crippen LogP contribution in [0, 0.1) is 5.92 Å². The van der Waals surface area contributed by atoms with E-state index in [0.29, 0.717) is 16.5 Å². The van der Waals surface area contributed by atoms with Gasteiger partial charge in [-0.25, -0.2) is 0 Å². The van der Waals surface area contributed by atoms with Crippen LogP contribution < -0.4 is 5.32 Å². The Labute approximate surface area is 132 Å². The van der Waals surface area contributed by atoms with Crippen molar-refractivity contribution in [3.8, 4) is 0 Å². The molecule has 21 heavy (non-hydrogen) atoms. The lowest BCUT2D eigenvalue weighted by Gasteiger charge is -2.22. The summed E-state index contributed by atoms with van der Waals surface area (Å²) in [5.41, 5.74) is 1.50. The normalized spacial score (nSPS) is 18.8. The molecule has 0 saturated carbocycles. The third kappa shape index (κ3) is 4.11. The average molecular weight is 310 g/mol. The van der Waals surface area contributed by atoms with Gasteiger partial charge in [0.2, 0.25) is 0 Å². The molecule has 1 aliphatic rings. The number of halogens is 1. The molecular formula is C16H24ClN3O. The molecule has 0 aliphatic carbocycles. The van der Waals surface area contributed by atoms with Gasteiger partial charge in [-0.05, 0) is 51.1 Å². The maximum absolute atomic E-state index is 12.7. The fraction of sp³-hybridized carbons (Fsp3) is 0.562. The van der Waals surface area contributed by atoms with Crippen LogP contribution in [0.4, 0.5) is 5.69 Å². The quantitative estimate of drug-likeness (QED) is 0.908. The van der Waals surface area contributed by atoms with Crippen molar-refractivity contribution >= 4 is 23.2 Å². The van der Waals surface area contributed by atoms with Crippen molar-refractivity contribution in [1.29, 1.82) is 0 Å². The first-order valence-electron chi connectivity index (χ1n) is 7.48. The van der Waals surface area contributed by atoms with Crippen molar-refractivity contribution in [3.05, 3.63) is 28.8 Å². The number of hydrogen-bond acceptors (Lipinski definition) is 3. The smallest absolute Gasteiger partial charge is 0.255 e. The number of hydrogen-bond donors (Lipinski definition) is 1. The van der Waals surface area contributed by atoms with E-state index in [-0.39, 0.29) is 5.91 Å². The molecule has 0 aromatic heterocycles. The Morgan fingerprint density at radius 3 is 2.90 bits per heavy atom. The largest absolute Gasteiger partial charge is 0.385 e. The molecule has 1 N–H and O–H groups in total. The first kappa shape index (κ1) is 16.1. The Balaban J connectivity index is 2.09. The lowest BCUT2D eigenvalue weighted by Crippen LogP contribution is -2.33. The van der Waals surface area contributed by atoms with Gasteiger partial charge < -0.3 is 15.1 Å². The number of nitrogens with one attached hydrogen (secondary N) is 1. The SMILES string of the molecule is CCNc1ccc(Cl)cc1C(=O)N(C)CC1CCN(C)C1. The molecule has 0 radical (unpaired) electrons. The summed E-state index contributed by atoms with van der Waals surface area (Å²) in [4.78, 5) is 16.8. The maximum atomic E-state index is 12.7. The van der Waals surface area contributed by atoms with E-state index in [2.05, 4.69) is 17.3 Å². The monoisotopic (exact) mass is 309 g/mol. The van der Waals surface area contributed by atoms with E-state index in [1.807, 2.05) is 31.0 Å². The number of anilines is 1. The molecule has 1 heterocycles. The van der Waals surface area contributed by atoms with Gasteiger partial charge >= 0.3 is 0 Å². The van der Waals surface area contributed by atoms with Crippen molar-refractivity contribution in [2.45, 2.75) is 13.3 Å². The zero-order chi connectivity index (χ0) is 15.4. The molecule has 0 bridgehead atoms. The van der Waals surface area contributed by atoms with Crippen molar-refractivity contribution in [2.75, 3.05) is 45.6 Å². The summed E-state index contributed by atoms with van der Waals surface area (Å²) in [6.45, 7) is 5.76. The van der Waals surface area contributed by atoms with E-state index in [1.54, 1.807) is 6.07 Å². The molecule has 1 atom stereocenters. The van der Waals surface area contributed by atoms with Gasteiger partial charge in [-0.1, -0.05) is 11.6 Å². The van der Waals surface area contributed by atoms with Crippen LogP contribution in [0.3, 0.4) is 0 Å². The van der Waals surface area contributed by atoms with Gasteiger partial charge in [0.25, 0.3) is 5.91 Å². The van der Waals surface area contributed by atoms with E-state index < -0.39 is 0 Å². The molecule has 1 saturated heterocycles. The lowest BCUT2D eigenvalue weighted by atomic mass is 10.1. The molecule has 1 unspecified atom stereocenters. The standard InChI is InChI=1S/C16H24ClN3O/c1-4-18-15-6-5-13(17)9-14(15)16(21)20(3)11-12-7-8-19(2)10-12/h5-6,9,12,18H,4,7-8,10-11H2,1-3H3. The van der Waals surface area contributed by atoms with E-state index >= 15 is 0 Å². The van der Waals surface area contributed by atoms with Crippen LogP contribution in [0.1, 0.15) is 23.7 Å². The van der Waals surface area contributed by atoms with Crippen molar-refractivity contribution in [3.63, 3.8) is 0 Å². The average Bonchev–Trinajstić information content (AvgIpc) is 2.85. The number of carbonyl (C=O) groups is 1. The molecule has 0 spiro atoms. The minimum absolute atomic E-state index is 0.0306. The van der Waals surface area contributed by atoms with E-state index in [4.69, 9.17) is 11.6 Å². The van der Waals surface area contributed by atoms with Crippen LogP contribution in [0.25, 0.3) is 0 Å². The summed E-state index contributed by atoms with van der Waals surface area (Å²) >= 11 is 6.05. The van der Waals surface area contributed by atoms with Crippen LogP contribution >= 0.6 is 11.6 Å². The first-order valence-corrected chi connectivity index (χ1v) is 7.86. The summed E-state index contributed by atoms with van der Waals surface area (Å²) in [5, 5.41) is 3.82. The minimum atomic E-state index is 0.0306. The van der Waals surface area contributed by atoms with E-state index in [0.717, 1.165) is 38.3 Å². The third-order valence-electron chi connectivity index (χ3n) is 3.95. The van der Waals surface area contributed by atoms with Crippen LogP contribution in [-0.2, 0) is 0 Å². The second-order valence-electron chi connectivity index (χ2n) is 5.82. The molecule has 5 heteroatoms. The van der Waals surface area contributed by atoms with Crippen molar-refractivity contribution in [1.82, 2.24) is 9.80 Å². The highest BCUT2D eigenvalue weighted by Crippen LogP contribution is 2.23. The molecule has 1 fully saturated rings. The minimum Gasteiger partial charge on any atom is -0.385 e. The van der Waals surface area contributed by atoms with Crippen LogP contribution in [0.15, 0.2) is 18.2 Å². The van der Waals surface area contributed by atoms with Gasteiger partial charge in [-0.2, -0.15) is 0 Å². The summed E-state index contributed by atoms with van der Waals surface area (Å²) in [6, 6.07) is 5.43. The van der Waals surface area contributed by atoms with Crippen molar-refractivity contribution < 1.29 is 4.79 Å². The summed E-state index contributed by atoms with van der Waals surface area (Å²) in [6.07, 6.45) is 1.16. The second kappa shape index (κ2) is 7.14.